The van der Waals surface area contributed by atoms with E-state index in [1.807, 2.05) is 13.8 Å². The first-order valence-electron chi connectivity index (χ1n) is 8.96. The van der Waals surface area contributed by atoms with E-state index in [0.717, 1.165) is 39.1 Å². The van der Waals surface area contributed by atoms with Crippen molar-refractivity contribution in [3.63, 3.8) is 0 Å². The third-order valence-corrected chi connectivity index (χ3v) is 4.23. The highest BCUT2D eigenvalue weighted by molar-refractivity contribution is 6.32. The molecule has 7 heteroatoms. The predicted molar refractivity (Wildman–Crippen MR) is 100 cm³/mol. The standard InChI is InChI=1S/C18H28ClN3O3/c1-3-11-25-17-15(19)12-14(13-16(17)24-4-2)18(23)21-7-10-22-8-5-20-6-9-22/h12-13,20H,3-11H2,1-2H3,(H,21,23). The van der Waals surface area contributed by atoms with Crippen molar-refractivity contribution in [3.05, 3.63) is 22.7 Å². The number of nitrogens with zero attached hydrogens (tertiary/aromatic N) is 1. The van der Waals surface area contributed by atoms with Gasteiger partial charge in [-0.1, -0.05) is 18.5 Å². The summed E-state index contributed by atoms with van der Waals surface area (Å²) in [5.41, 5.74) is 0.484. The van der Waals surface area contributed by atoms with Gasteiger partial charge < -0.3 is 20.1 Å². The Morgan fingerprint density at radius 2 is 2.04 bits per heavy atom. The van der Waals surface area contributed by atoms with Gasteiger partial charge in [0.1, 0.15) is 0 Å². The van der Waals surface area contributed by atoms with E-state index in [4.69, 9.17) is 21.1 Å². The molecule has 140 valence electrons. The van der Waals surface area contributed by atoms with Crippen LogP contribution in [0, 0.1) is 0 Å². The van der Waals surface area contributed by atoms with Crippen LogP contribution in [-0.2, 0) is 0 Å². The van der Waals surface area contributed by atoms with Gasteiger partial charge >= 0.3 is 0 Å². The first-order valence-corrected chi connectivity index (χ1v) is 9.33. The normalized spacial score (nSPS) is 15.0. The number of piperazine rings is 1. The Kier molecular flexibility index (Phi) is 8.31. The molecular weight excluding hydrogens is 342 g/mol. The number of benzene rings is 1. The van der Waals surface area contributed by atoms with Gasteiger partial charge in [0, 0.05) is 44.8 Å². The van der Waals surface area contributed by atoms with E-state index in [-0.39, 0.29) is 5.91 Å². The van der Waals surface area contributed by atoms with Gasteiger partial charge in [-0.3, -0.25) is 9.69 Å². The second-order valence-corrected chi connectivity index (χ2v) is 6.32. The molecule has 1 aliphatic rings. The molecule has 2 N–H and O–H groups in total. The minimum absolute atomic E-state index is 0.153. The molecule has 0 aromatic heterocycles. The van der Waals surface area contributed by atoms with Crippen LogP contribution in [0.2, 0.25) is 5.02 Å². The van der Waals surface area contributed by atoms with Crippen LogP contribution in [0.5, 0.6) is 11.5 Å². The molecule has 1 aliphatic heterocycles. The molecule has 1 fully saturated rings. The molecule has 6 nitrogen and oxygen atoms in total. The fraction of sp³-hybridized carbons (Fsp3) is 0.611. The number of hydrogen-bond donors (Lipinski definition) is 2. The molecule has 0 unspecified atom stereocenters. The fourth-order valence-corrected chi connectivity index (χ4v) is 2.94. The summed E-state index contributed by atoms with van der Waals surface area (Å²) >= 11 is 6.31. The van der Waals surface area contributed by atoms with Crippen molar-refractivity contribution in [2.45, 2.75) is 20.3 Å². The van der Waals surface area contributed by atoms with Gasteiger partial charge in [0.2, 0.25) is 0 Å². The maximum atomic E-state index is 12.4. The Morgan fingerprint density at radius 3 is 2.72 bits per heavy atom. The molecule has 0 radical (unpaired) electrons. The van der Waals surface area contributed by atoms with E-state index in [1.54, 1.807) is 12.1 Å². The van der Waals surface area contributed by atoms with Crippen molar-refractivity contribution in [1.29, 1.82) is 0 Å². The predicted octanol–water partition coefficient (Wildman–Crippen LogP) is 2.16. The van der Waals surface area contributed by atoms with Gasteiger partial charge in [-0.05, 0) is 25.5 Å². The lowest BCUT2D eigenvalue weighted by atomic mass is 10.2. The Hall–Kier alpha value is -1.50. The first-order chi connectivity index (χ1) is 12.2. The van der Waals surface area contributed by atoms with Crippen LogP contribution in [0.15, 0.2) is 12.1 Å². The summed E-state index contributed by atoms with van der Waals surface area (Å²) in [4.78, 5) is 14.8. The van der Waals surface area contributed by atoms with Crippen molar-refractivity contribution >= 4 is 17.5 Å². The summed E-state index contributed by atoms with van der Waals surface area (Å²) in [6, 6.07) is 3.33. The summed E-state index contributed by atoms with van der Waals surface area (Å²) in [5, 5.41) is 6.66. The van der Waals surface area contributed by atoms with Crippen LogP contribution in [0.1, 0.15) is 30.6 Å². The van der Waals surface area contributed by atoms with Crippen molar-refractivity contribution in [2.24, 2.45) is 0 Å². The van der Waals surface area contributed by atoms with Crippen molar-refractivity contribution in [3.8, 4) is 11.5 Å². The van der Waals surface area contributed by atoms with E-state index < -0.39 is 0 Å². The summed E-state index contributed by atoms with van der Waals surface area (Å²) in [7, 11) is 0. The summed E-state index contributed by atoms with van der Waals surface area (Å²) in [6.45, 7) is 10.4. The Balaban J connectivity index is 1.97. The Bertz CT molecular complexity index is 563. The number of halogens is 1. The van der Waals surface area contributed by atoms with Crippen LogP contribution in [-0.4, -0.2) is 63.3 Å². The van der Waals surface area contributed by atoms with Crippen LogP contribution < -0.4 is 20.1 Å². The summed E-state index contributed by atoms with van der Waals surface area (Å²) in [5.74, 6) is 0.860. The van der Waals surface area contributed by atoms with Gasteiger partial charge in [0.05, 0.1) is 18.2 Å². The number of carbonyl (C=O) groups excluding carboxylic acids is 1. The molecule has 25 heavy (non-hydrogen) atoms. The average molecular weight is 370 g/mol. The molecule has 1 saturated heterocycles. The topological polar surface area (TPSA) is 62.8 Å². The largest absolute Gasteiger partial charge is 0.490 e. The molecule has 1 aromatic rings. The number of ether oxygens (including phenoxy) is 2. The quantitative estimate of drug-likeness (QED) is 0.698. The van der Waals surface area contributed by atoms with E-state index in [0.29, 0.717) is 41.8 Å². The SMILES string of the molecule is CCCOc1c(Cl)cc(C(=O)NCCN2CCNCC2)cc1OCC. The Labute approximate surface area is 154 Å². The second kappa shape index (κ2) is 10.5. The van der Waals surface area contributed by atoms with E-state index in [1.165, 1.54) is 0 Å². The van der Waals surface area contributed by atoms with Crippen molar-refractivity contribution in [2.75, 3.05) is 52.5 Å². The minimum Gasteiger partial charge on any atom is -0.490 e. The highest BCUT2D eigenvalue weighted by Gasteiger charge is 2.16. The molecule has 2 rings (SSSR count). The van der Waals surface area contributed by atoms with E-state index in [2.05, 4.69) is 15.5 Å². The maximum absolute atomic E-state index is 12.4. The van der Waals surface area contributed by atoms with Gasteiger partial charge in [-0.25, -0.2) is 0 Å². The highest BCUT2D eigenvalue weighted by atomic mass is 35.5. The minimum atomic E-state index is -0.153. The number of amides is 1. The Morgan fingerprint density at radius 1 is 1.28 bits per heavy atom. The van der Waals surface area contributed by atoms with Crippen molar-refractivity contribution < 1.29 is 14.3 Å². The number of rotatable bonds is 9. The monoisotopic (exact) mass is 369 g/mol. The molecular formula is C18H28ClN3O3. The third kappa shape index (κ3) is 6.06. The zero-order chi connectivity index (χ0) is 18.1. The highest BCUT2D eigenvalue weighted by Crippen LogP contribution is 2.36. The number of carbonyl (C=O) groups is 1. The molecule has 0 aliphatic carbocycles. The number of hydrogen-bond acceptors (Lipinski definition) is 5. The molecule has 1 aromatic carbocycles. The summed E-state index contributed by atoms with van der Waals surface area (Å²) in [6.07, 6.45) is 0.871. The van der Waals surface area contributed by atoms with Gasteiger partial charge in [-0.15, -0.1) is 0 Å². The van der Waals surface area contributed by atoms with Crippen LogP contribution in [0.3, 0.4) is 0 Å². The molecule has 0 saturated carbocycles. The molecule has 0 bridgehead atoms. The smallest absolute Gasteiger partial charge is 0.251 e. The molecule has 1 heterocycles. The number of nitrogens with one attached hydrogen (secondary N) is 2. The van der Waals surface area contributed by atoms with Gasteiger partial charge in [-0.2, -0.15) is 0 Å². The zero-order valence-electron chi connectivity index (χ0n) is 15.1. The second-order valence-electron chi connectivity index (χ2n) is 5.91. The van der Waals surface area contributed by atoms with E-state index >= 15 is 0 Å². The molecule has 0 spiro atoms. The maximum Gasteiger partial charge on any atom is 0.251 e. The van der Waals surface area contributed by atoms with Crippen molar-refractivity contribution in [1.82, 2.24) is 15.5 Å². The first kappa shape index (κ1) is 19.8. The van der Waals surface area contributed by atoms with Crippen LogP contribution >= 0.6 is 11.6 Å². The molecule has 0 atom stereocenters. The van der Waals surface area contributed by atoms with Gasteiger partial charge in [0.15, 0.2) is 11.5 Å². The lowest BCUT2D eigenvalue weighted by Crippen LogP contribution is -2.46. The lowest BCUT2D eigenvalue weighted by Gasteiger charge is -2.27. The van der Waals surface area contributed by atoms with Gasteiger partial charge in [0.25, 0.3) is 5.91 Å². The van der Waals surface area contributed by atoms with Crippen LogP contribution in [0.4, 0.5) is 0 Å². The van der Waals surface area contributed by atoms with E-state index in [9.17, 15) is 4.79 Å². The fourth-order valence-electron chi connectivity index (χ4n) is 2.67. The zero-order valence-corrected chi connectivity index (χ0v) is 15.8. The summed E-state index contributed by atoms with van der Waals surface area (Å²) < 4.78 is 11.3. The third-order valence-electron chi connectivity index (χ3n) is 3.95. The molecule has 1 amide bonds. The average Bonchev–Trinajstić information content (AvgIpc) is 2.62. The lowest BCUT2D eigenvalue weighted by molar-refractivity contribution is 0.0946. The van der Waals surface area contributed by atoms with Crippen LogP contribution in [0.25, 0.3) is 0 Å².